The smallest absolute Gasteiger partial charge is 0.237 e. The normalized spacial score (nSPS) is 24.7. The Kier molecular flexibility index (Phi) is 4.87. The van der Waals surface area contributed by atoms with Crippen LogP contribution in [0, 0.1) is 0 Å². The fraction of sp³-hybridized carbons (Fsp3) is 0.500. The van der Waals surface area contributed by atoms with Gasteiger partial charge in [0.05, 0.1) is 12.1 Å². The van der Waals surface area contributed by atoms with E-state index in [0.717, 1.165) is 36.7 Å². The highest BCUT2D eigenvalue weighted by Crippen LogP contribution is 2.35. The highest BCUT2D eigenvalue weighted by Gasteiger charge is 2.29. The molecule has 1 heterocycles. The van der Waals surface area contributed by atoms with Crippen LogP contribution in [0.5, 0.6) is 0 Å². The summed E-state index contributed by atoms with van der Waals surface area (Å²) in [4.78, 5) is 12.1. The molecule has 1 saturated heterocycles. The second-order valence-electron chi connectivity index (χ2n) is 5.06. The van der Waals surface area contributed by atoms with Crippen LogP contribution in [0.4, 0.5) is 0 Å². The Bertz CT molecular complexity index is 475. The number of hydrogen-bond acceptors (Lipinski definition) is 2. The number of carbonyl (C=O) groups is 1. The second-order valence-corrected chi connectivity index (χ2v) is 5.91. The van der Waals surface area contributed by atoms with E-state index in [1.165, 1.54) is 11.1 Å². The molecule has 3 nitrogen and oxygen atoms in total. The molecule has 2 unspecified atom stereocenters. The molecule has 1 aliphatic heterocycles. The van der Waals surface area contributed by atoms with Crippen molar-refractivity contribution < 1.29 is 4.79 Å². The molecule has 2 aliphatic rings. The first kappa shape index (κ1) is 14.8. The minimum absolute atomic E-state index is 0. The number of amides is 1. The van der Waals surface area contributed by atoms with Gasteiger partial charge in [0.2, 0.25) is 5.91 Å². The molecule has 0 bridgehead atoms. The van der Waals surface area contributed by atoms with E-state index < -0.39 is 0 Å². The average Bonchev–Trinajstić information content (AvgIpc) is 2.99. The summed E-state index contributed by atoms with van der Waals surface area (Å²) in [5, 5.41) is 6.43. The van der Waals surface area contributed by atoms with Gasteiger partial charge >= 0.3 is 0 Å². The maximum Gasteiger partial charge on any atom is 0.237 e. The van der Waals surface area contributed by atoms with E-state index in [4.69, 9.17) is 0 Å². The minimum atomic E-state index is 0. The predicted molar refractivity (Wildman–Crippen MR) is 81.6 cm³/mol. The fourth-order valence-corrected chi connectivity index (χ4v) is 3.52. The van der Waals surface area contributed by atoms with Crippen LogP contribution in [0.25, 0.3) is 0 Å². The van der Waals surface area contributed by atoms with Crippen molar-refractivity contribution in [3.05, 3.63) is 33.8 Å². The third-order valence-electron chi connectivity index (χ3n) is 3.91. The molecule has 1 aromatic carbocycles. The molecular weight excluding hydrogens is 328 g/mol. The molecule has 2 atom stereocenters. The van der Waals surface area contributed by atoms with Gasteiger partial charge < -0.3 is 10.6 Å². The van der Waals surface area contributed by atoms with Gasteiger partial charge in [-0.1, -0.05) is 28.1 Å². The summed E-state index contributed by atoms with van der Waals surface area (Å²) in [5.41, 5.74) is 2.62. The van der Waals surface area contributed by atoms with Crippen molar-refractivity contribution in [2.75, 3.05) is 6.54 Å². The van der Waals surface area contributed by atoms with Crippen LogP contribution >= 0.6 is 28.3 Å². The lowest BCUT2D eigenvalue weighted by Gasteiger charge is -2.17. The summed E-state index contributed by atoms with van der Waals surface area (Å²) in [7, 11) is 0. The molecule has 2 N–H and O–H groups in total. The van der Waals surface area contributed by atoms with Crippen molar-refractivity contribution in [1.29, 1.82) is 0 Å². The van der Waals surface area contributed by atoms with Crippen LogP contribution in [-0.4, -0.2) is 18.5 Å². The Morgan fingerprint density at radius 1 is 1.37 bits per heavy atom. The van der Waals surface area contributed by atoms with E-state index >= 15 is 0 Å². The van der Waals surface area contributed by atoms with E-state index in [0.29, 0.717) is 0 Å². The van der Waals surface area contributed by atoms with Crippen molar-refractivity contribution in [1.82, 2.24) is 10.6 Å². The van der Waals surface area contributed by atoms with Crippen molar-refractivity contribution in [2.45, 2.75) is 37.8 Å². The molecule has 0 aromatic heterocycles. The van der Waals surface area contributed by atoms with Gasteiger partial charge in [0.1, 0.15) is 0 Å². The molecule has 0 spiro atoms. The maximum atomic E-state index is 12.1. The van der Waals surface area contributed by atoms with Gasteiger partial charge in [-0.05, 0) is 49.4 Å². The number of carbonyl (C=O) groups excluding carboxylic acids is 1. The zero-order valence-corrected chi connectivity index (χ0v) is 13.0. The molecule has 1 aromatic rings. The number of fused-ring (bicyclic) bond motifs is 1. The molecule has 0 radical (unpaired) electrons. The first-order chi connectivity index (χ1) is 8.75. The minimum Gasteiger partial charge on any atom is -0.348 e. The molecule has 1 amide bonds. The first-order valence-corrected chi connectivity index (χ1v) is 7.36. The number of benzene rings is 1. The largest absolute Gasteiger partial charge is 0.348 e. The lowest BCUT2D eigenvalue weighted by molar-refractivity contribution is -0.123. The molecule has 19 heavy (non-hydrogen) atoms. The highest BCUT2D eigenvalue weighted by atomic mass is 79.9. The summed E-state index contributed by atoms with van der Waals surface area (Å²) < 4.78 is 1.16. The van der Waals surface area contributed by atoms with Gasteiger partial charge in [-0.3, -0.25) is 4.79 Å². The van der Waals surface area contributed by atoms with E-state index in [-0.39, 0.29) is 30.4 Å². The Morgan fingerprint density at radius 2 is 2.21 bits per heavy atom. The zero-order chi connectivity index (χ0) is 12.5. The molecular formula is C14H18BrClN2O. The van der Waals surface area contributed by atoms with E-state index in [1.54, 1.807) is 0 Å². The molecule has 1 fully saturated rings. The van der Waals surface area contributed by atoms with Crippen LogP contribution in [0.15, 0.2) is 22.7 Å². The number of hydrogen-bond donors (Lipinski definition) is 2. The van der Waals surface area contributed by atoms with Crippen LogP contribution in [0.3, 0.4) is 0 Å². The molecule has 104 valence electrons. The lowest BCUT2D eigenvalue weighted by atomic mass is 10.1. The Balaban J connectivity index is 0.00000133. The first-order valence-electron chi connectivity index (χ1n) is 6.57. The summed E-state index contributed by atoms with van der Waals surface area (Å²) >= 11 is 3.58. The van der Waals surface area contributed by atoms with Gasteiger partial charge in [0.15, 0.2) is 0 Å². The topological polar surface area (TPSA) is 41.1 Å². The van der Waals surface area contributed by atoms with Crippen LogP contribution in [0.2, 0.25) is 0 Å². The monoisotopic (exact) mass is 344 g/mol. The standard InChI is InChI=1S/C14H17BrN2O.ClH/c15-11-4-1-3-10-9(11)6-7-12(10)17-14(18)13-5-2-8-16-13;/h1,3-4,12-13,16H,2,5-8H2,(H,17,18);1H. The van der Waals surface area contributed by atoms with Crippen molar-refractivity contribution >= 4 is 34.2 Å². The average molecular weight is 346 g/mol. The van der Waals surface area contributed by atoms with E-state index in [1.807, 2.05) is 6.07 Å². The van der Waals surface area contributed by atoms with Crippen LogP contribution < -0.4 is 10.6 Å². The Morgan fingerprint density at radius 3 is 2.95 bits per heavy atom. The van der Waals surface area contributed by atoms with Crippen molar-refractivity contribution in [3.8, 4) is 0 Å². The fourth-order valence-electron chi connectivity index (χ4n) is 2.94. The Labute approximate surface area is 128 Å². The summed E-state index contributed by atoms with van der Waals surface area (Å²) in [6, 6.07) is 6.44. The number of halogens is 2. The van der Waals surface area contributed by atoms with Gasteiger partial charge in [-0.15, -0.1) is 12.4 Å². The summed E-state index contributed by atoms with van der Waals surface area (Å²) in [5.74, 6) is 0.158. The van der Waals surface area contributed by atoms with E-state index in [2.05, 4.69) is 38.7 Å². The van der Waals surface area contributed by atoms with Crippen molar-refractivity contribution in [2.24, 2.45) is 0 Å². The maximum absolute atomic E-state index is 12.1. The highest BCUT2D eigenvalue weighted by molar-refractivity contribution is 9.10. The predicted octanol–water partition coefficient (Wildman–Crippen LogP) is 2.73. The molecule has 3 rings (SSSR count). The number of rotatable bonds is 2. The third-order valence-corrected chi connectivity index (χ3v) is 4.65. The molecule has 5 heteroatoms. The van der Waals surface area contributed by atoms with Gasteiger partial charge in [-0.25, -0.2) is 0 Å². The third kappa shape index (κ3) is 2.96. The number of nitrogens with one attached hydrogen (secondary N) is 2. The van der Waals surface area contributed by atoms with Crippen LogP contribution in [0.1, 0.15) is 36.4 Å². The molecule has 1 aliphatic carbocycles. The van der Waals surface area contributed by atoms with Gasteiger partial charge in [0.25, 0.3) is 0 Å². The van der Waals surface area contributed by atoms with Gasteiger partial charge in [-0.2, -0.15) is 0 Å². The summed E-state index contributed by atoms with van der Waals surface area (Å²) in [6.45, 7) is 0.963. The van der Waals surface area contributed by atoms with Gasteiger partial charge in [0, 0.05) is 4.47 Å². The second kappa shape index (κ2) is 6.25. The quantitative estimate of drug-likeness (QED) is 0.865. The zero-order valence-electron chi connectivity index (χ0n) is 10.6. The van der Waals surface area contributed by atoms with Crippen molar-refractivity contribution in [3.63, 3.8) is 0 Å². The van der Waals surface area contributed by atoms with Crippen LogP contribution in [-0.2, 0) is 11.2 Å². The summed E-state index contributed by atoms with van der Waals surface area (Å²) in [6.07, 6.45) is 4.12. The Hall–Kier alpha value is -0.580. The molecule has 0 saturated carbocycles. The lowest BCUT2D eigenvalue weighted by Crippen LogP contribution is -2.41. The van der Waals surface area contributed by atoms with E-state index in [9.17, 15) is 4.79 Å². The SMILES string of the molecule is Cl.O=C(NC1CCc2c(Br)cccc21)C1CCCN1.